The van der Waals surface area contributed by atoms with Crippen LogP contribution in [0.1, 0.15) is 303 Å². The molecule has 0 fully saturated rings. The summed E-state index contributed by atoms with van der Waals surface area (Å²) in [6, 6.07) is -0.545. The van der Waals surface area contributed by atoms with Gasteiger partial charge in [0.15, 0.2) is 0 Å². The molecule has 0 radical (unpaired) electrons. The molecule has 0 spiro atoms. The number of hydrogen-bond acceptors (Lipinski definition) is 5. The number of carbonyl (C=O) groups is 2. The topological polar surface area (TPSA) is 95.9 Å². The van der Waals surface area contributed by atoms with Crippen LogP contribution >= 0.6 is 0 Å². The van der Waals surface area contributed by atoms with Crippen LogP contribution < -0.4 is 5.32 Å². The Labute approximate surface area is 392 Å². The Balaban J connectivity index is 3.39. The monoisotopic (exact) mass is 888 g/mol. The average molecular weight is 889 g/mol. The number of unbranched alkanes of at least 4 members (excludes halogenated alkanes) is 37. The maximum atomic E-state index is 12.4. The van der Waals surface area contributed by atoms with Gasteiger partial charge in [-0.3, -0.25) is 9.59 Å². The zero-order valence-electron chi connectivity index (χ0n) is 42.3. The van der Waals surface area contributed by atoms with Crippen LogP contribution in [-0.2, 0) is 14.3 Å². The van der Waals surface area contributed by atoms with E-state index in [1.807, 2.05) is 0 Å². The lowest BCUT2D eigenvalue weighted by Gasteiger charge is -2.22. The molecule has 0 aliphatic heterocycles. The fourth-order valence-electron chi connectivity index (χ4n) is 8.63. The summed E-state index contributed by atoms with van der Waals surface area (Å²) >= 11 is 0. The lowest BCUT2D eigenvalue weighted by atomic mass is 10.0. The number of aliphatic hydroxyl groups is 2. The molecule has 6 nitrogen and oxygen atoms in total. The van der Waals surface area contributed by atoms with Crippen molar-refractivity contribution in [2.75, 3.05) is 13.2 Å². The van der Waals surface area contributed by atoms with Crippen molar-refractivity contribution in [3.05, 3.63) is 24.3 Å². The van der Waals surface area contributed by atoms with Crippen molar-refractivity contribution in [2.45, 2.75) is 315 Å². The zero-order valence-corrected chi connectivity index (χ0v) is 42.3. The first kappa shape index (κ1) is 61.3. The largest absolute Gasteiger partial charge is 0.466 e. The number of rotatable bonds is 52. The molecule has 372 valence electrons. The molecule has 0 bridgehead atoms. The maximum Gasteiger partial charge on any atom is 0.305 e. The molecule has 0 saturated carbocycles. The Morgan fingerprint density at radius 3 is 1.13 bits per heavy atom. The van der Waals surface area contributed by atoms with Crippen LogP contribution in [0.15, 0.2) is 24.3 Å². The Bertz CT molecular complexity index is 982. The maximum absolute atomic E-state index is 12.4. The van der Waals surface area contributed by atoms with Gasteiger partial charge in [-0.1, -0.05) is 237 Å². The molecule has 0 saturated heterocycles. The van der Waals surface area contributed by atoms with Gasteiger partial charge in [-0.25, -0.2) is 0 Å². The SMILES string of the molecule is CCCCCCCC/C=C\CCCCCCCCCC(=O)OCCCCCCCCCCC/C=C\CCCCCCCCCC(=O)NC(CO)C(O)CCCCCCCCCCC. The normalized spacial score (nSPS) is 12.8. The van der Waals surface area contributed by atoms with Crippen molar-refractivity contribution in [2.24, 2.45) is 0 Å². The van der Waals surface area contributed by atoms with Gasteiger partial charge in [0.05, 0.1) is 25.4 Å². The minimum Gasteiger partial charge on any atom is -0.466 e. The van der Waals surface area contributed by atoms with Gasteiger partial charge in [-0.2, -0.15) is 0 Å². The van der Waals surface area contributed by atoms with Gasteiger partial charge < -0.3 is 20.3 Å². The van der Waals surface area contributed by atoms with Crippen LogP contribution in [0.4, 0.5) is 0 Å². The number of aliphatic hydroxyl groups excluding tert-OH is 2. The summed E-state index contributed by atoms with van der Waals surface area (Å²) < 4.78 is 5.48. The highest BCUT2D eigenvalue weighted by Gasteiger charge is 2.20. The summed E-state index contributed by atoms with van der Waals surface area (Å²) in [6.07, 6.45) is 63.2. The van der Waals surface area contributed by atoms with E-state index < -0.39 is 12.1 Å². The van der Waals surface area contributed by atoms with E-state index in [0.29, 0.717) is 25.9 Å². The molecule has 6 heteroatoms. The molecule has 0 aliphatic rings. The summed E-state index contributed by atoms with van der Waals surface area (Å²) in [6.45, 7) is 4.92. The third-order valence-corrected chi connectivity index (χ3v) is 13.0. The van der Waals surface area contributed by atoms with E-state index in [0.717, 1.165) is 44.9 Å². The number of esters is 1. The van der Waals surface area contributed by atoms with Crippen LogP contribution in [-0.4, -0.2) is 47.4 Å². The van der Waals surface area contributed by atoms with Crippen molar-refractivity contribution in [1.82, 2.24) is 5.32 Å². The van der Waals surface area contributed by atoms with Gasteiger partial charge in [0.2, 0.25) is 5.91 Å². The summed E-state index contributed by atoms with van der Waals surface area (Å²) in [4.78, 5) is 24.5. The van der Waals surface area contributed by atoms with Crippen LogP contribution in [0.5, 0.6) is 0 Å². The molecule has 0 aromatic heterocycles. The van der Waals surface area contributed by atoms with Crippen molar-refractivity contribution in [1.29, 1.82) is 0 Å². The van der Waals surface area contributed by atoms with E-state index in [2.05, 4.69) is 43.5 Å². The predicted molar refractivity (Wildman–Crippen MR) is 273 cm³/mol. The molecule has 2 unspecified atom stereocenters. The lowest BCUT2D eigenvalue weighted by Crippen LogP contribution is -2.45. The molecule has 1 amide bonds. The molecule has 3 N–H and O–H groups in total. The second-order valence-corrected chi connectivity index (χ2v) is 19.3. The van der Waals surface area contributed by atoms with Crippen LogP contribution in [0.2, 0.25) is 0 Å². The fraction of sp³-hybridized carbons (Fsp3) is 0.895. The summed E-state index contributed by atoms with van der Waals surface area (Å²) in [5, 5.41) is 23.1. The predicted octanol–water partition coefficient (Wildman–Crippen LogP) is 17.1. The van der Waals surface area contributed by atoms with E-state index in [9.17, 15) is 19.8 Å². The van der Waals surface area contributed by atoms with Crippen molar-refractivity contribution in [3.8, 4) is 0 Å². The number of ether oxygens (including phenoxy) is 1. The van der Waals surface area contributed by atoms with Gasteiger partial charge in [0.1, 0.15) is 0 Å². The molecule has 0 rings (SSSR count). The molecule has 0 aromatic carbocycles. The minimum atomic E-state index is -0.667. The van der Waals surface area contributed by atoms with Gasteiger partial charge in [-0.05, 0) is 77.0 Å². The third-order valence-electron chi connectivity index (χ3n) is 13.0. The van der Waals surface area contributed by atoms with Crippen molar-refractivity contribution >= 4 is 11.9 Å². The van der Waals surface area contributed by atoms with Gasteiger partial charge in [0, 0.05) is 12.8 Å². The quantitative estimate of drug-likeness (QED) is 0.0321. The summed E-state index contributed by atoms with van der Waals surface area (Å²) in [7, 11) is 0. The first-order valence-corrected chi connectivity index (χ1v) is 28.1. The highest BCUT2D eigenvalue weighted by Crippen LogP contribution is 2.16. The first-order valence-electron chi connectivity index (χ1n) is 28.1. The molecular weight excluding hydrogens is 779 g/mol. The molecule has 0 aromatic rings. The molecule has 0 heterocycles. The van der Waals surface area contributed by atoms with Crippen molar-refractivity contribution in [3.63, 3.8) is 0 Å². The van der Waals surface area contributed by atoms with Gasteiger partial charge >= 0.3 is 5.97 Å². The van der Waals surface area contributed by atoms with Crippen molar-refractivity contribution < 1.29 is 24.5 Å². The van der Waals surface area contributed by atoms with Gasteiger partial charge in [-0.15, -0.1) is 0 Å². The number of allylic oxidation sites excluding steroid dienone is 4. The zero-order chi connectivity index (χ0) is 45.8. The smallest absolute Gasteiger partial charge is 0.305 e. The van der Waals surface area contributed by atoms with Crippen LogP contribution in [0.3, 0.4) is 0 Å². The first-order chi connectivity index (χ1) is 31.0. The number of nitrogens with one attached hydrogen (secondary N) is 1. The Morgan fingerprint density at radius 2 is 0.746 bits per heavy atom. The summed E-state index contributed by atoms with van der Waals surface area (Å²) in [5.41, 5.74) is 0. The lowest BCUT2D eigenvalue weighted by molar-refractivity contribution is -0.143. The highest BCUT2D eigenvalue weighted by atomic mass is 16.5. The second kappa shape index (κ2) is 53.0. The summed E-state index contributed by atoms with van der Waals surface area (Å²) in [5.74, 6) is -0.0433. The van der Waals surface area contributed by atoms with Crippen LogP contribution in [0, 0.1) is 0 Å². The van der Waals surface area contributed by atoms with Crippen LogP contribution in [0.25, 0.3) is 0 Å². The van der Waals surface area contributed by atoms with E-state index >= 15 is 0 Å². The van der Waals surface area contributed by atoms with Gasteiger partial charge in [0.25, 0.3) is 0 Å². The number of hydrogen-bond donors (Lipinski definition) is 3. The molecular formula is C57H109NO5. The third kappa shape index (κ3) is 49.6. The Kier molecular flexibility index (Phi) is 51.6. The van der Waals surface area contributed by atoms with E-state index in [-0.39, 0.29) is 18.5 Å². The highest BCUT2D eigenvalue weighted by molar-refractivity contribution is 5.76. The molecule has 2 atom stereocenters. The molecule has 0 aliphatic carbocycles. The second-order valence-electron chi connectivity index (χ2n) is 19.3. The van der Waals surface area contributed by atoms with E-state index in [1.165, 1.54) is 225 Å². The van der Waals surface area contributed by atoms with E-state index in [4.69, 9.17) is 4.74 Å². The average Bonchev–Trinajstić information content (AvgIpc) is 3.28. The Hall–Kier alpha value is -1.66. The Morgan fingerprint density at radius 1 is 0.429 bits per heavy atom. The fourth-order valence-corrected chi connectivity index (χ4v) is 8.63. The van der Waals surface area contributed by atoms with E-state index in [1.54, 1.807) is 0 Å². The molecule has 63 heavy (non-hydrogen) atoms. The standard InChI is InChI=1S/C57H109NO5/c1-3-5-7-9-11-13-14-15-16-21-25-28-31-35-39-43-47-51-57(62)63-52-48-44-40-36-32-29-26-23-20-18-17-19-22-24-27-30-34-38-42-46-50-56(61)58-54(53-59)55(60)49-45-41-37-33-12-10-8-6-4-2/h15-17,19,54-55,59-60H,3-14,18,20-53H2,1-2H3,(H,58,61)/b16-15-,19-17-. The number of carbonyl (C=O) groups excluding carboxylic acids is 2. The minimum absolute atomic E-state index is 0.00272. The number of amides is 1.